The van der Waals surface area contributed by atoms with Crippen molar-refractivity contribution in [1.29, 1.82) is 0 Å². The molecule has 1 N–H and O–H groups in total. The van der Waals surface area contributed by atoms with Crippen LogP contribution in [-0.2, 0) is 4.74 Å². The number of benzene rings is 1. The van der Waals surface area contributed by atoms with E-state index in [0.29, 0.717) is 24.5 Å². The van der Waals surface area contributed by atoms with Gasteiger partial charge in [0.25, 0.3) is 0 Å². The fourth-order valence-corrected chi connectivity index (χ4v) is 2.17. The van der Waals surface area contributed by atoms with Crippen LogP contribution < -0.4 is 10.1 Å². The summed E-state index contributed by atoms with van der Waals surface area (Å²) in [5.41, 5.74) is 0.859. The van der Waals surface area contributed by atoms with E-state index in [1.54, 1.807) is 6.07 Å². The second-order valence-corrected chi connectivity index (χ2v) is 4.46. The van der Waals surface area contributed by atoms with Crippen molar-refractivity contribution in [3.05, 3.63) is 24.0 Å². The second kappa shape index (κ2) is 6.05. The van der Waals surface area contributed by atoms with E-state index in [1.807, 2.05) is 13.8 Å². The molecular weight excluding hydrogens is 233 g/mol. The van der Waals surface area contributed by atoms with Crippen LogP contribution in [0.3, 0.4) is 0 Å². The summed E-state index contributed by atoms with van der Waals surface area (Å²) in [5, 5.41) is 3.38. The van der Waals surface area contributed by atoms with Gasteiger partial charge in [-0.15, -0.1) is 0 Å². The van der Waals surface area contributed by atoms with Crippen molar-refractivity contribution in [2.24, 2.45) is 0 Å². The standard InChI is InChI=1S/C14H20FNO2/c1-3-17-12-8-11(9-12)16-13-6-5-10(15)7-14(13)18-4-2/h5-7,11-12,16H,3-4,8-9H2,1-2H3. The van der Waals surface area contributed by atoms with Gasteiger partial charge in [0.2, 0.25) is 0 Å². The first-order valence-electron chi connectivity index (χ1n) is 6.53. The third kappa shape index (κ3) is 3.13. The normalized spacial score (nSPS) is 22.4. The molecule has 4 heteroatoms. The van der Waals surface area contributed by atoms with Crippen LogP contribution in [0, 0.1) is 5.82 Å². The average molecular weight is 253 g/mol. The fraction of sp³-hybridized carbons (Fsp3) is 0.571. The molecule has 0 unspecified atom stereocenters. The third-order valence-electron chi connectivity index (χ3n) is 3.10. The smallest absolute Gasteiger partial charge is 0.145 e. The maximum absolute atomic E-state index is 13.1. The Balaban J connectivity index is 1.93. The van der Waals surface area contributed by atoms with Gasteiger partial charge in [0, 0.05) is 18.7 Å². The average Bonchev–Trinajstić information content (AvgIpc) is 2.29. The summed E-state index contributed by atoms with van der Waals surface area (Å²) in [6.07, 6.45) is 2.36. The lowest BCUT2D eigenvalue weighted by atomic mass is 9.89. The molecule has 0 aromatic heterocycles. The zero-order valence-electron chi connectivity index (χ0n) is 10.9. The van der Waals surface area contributed by atoms with Crippen LogP contribution in [0.25, 0.3) is 0 Å². The molecule has 1 aliphatic rings. The molecule has 3 nitrogen and oxygen atoms in total. The van der Waals surface area contributed by atoms with Gasteiger partial charge < -0.3 is 14.8 Å². The summed E-state index contributed by atoms with van der Waals surface area (Å²) >= 11 is 0. The predicted molar refractivity (Wildman–Crippen MR) is 69.6 cm³/mol. The molecule has 100 valence electrons. The molecule has 0 saturated heterocycles. The van der Waals surface area contributed by atoms with Crippen LogP contribution >= 0.6 is 0 Å². The maximum Gasteiger partial charge on any atom is 0.145 e. The lowest BCUT2D eigenvalue weighted by Crippen LogP contribution is -2.40. The van der Waals surface area contributed by atoms with E-state index < -0.39 is 0 Å². The van der Waals surface area contributed by atoms with Gasteiger partial charge in [0.15, 0.2) is 0 Å². The monoisotopic (exact) mass is 253 g/mol. The summed E-state index contributed by atoms with van der Waals surface area (Å²) in [4.78, 5) is 0. The number of anilines is 1. The molecule has 0 bridgehead atoms. The van der Waals surface area contributed by atoms with Crippen molar-refractivity contribution in [3.8, 4) is 5.75 Å². The Morgan fingerprint density at radius 1 is 1.28 bits per heavy atom. The van der Waals surface area contributed by atoms with E-state index >= 15 is 0 Å². The molecule has 1 fully saturated rings. The fourth-order valence-electron chi connectivity index (χ4n) is 2.17. The van der Waals surface area contributed by atoms with Crippen molar-refractivity contribution in [2.75, 3.05) is 18.5 Å². The Morgan fingerprint density at radius 3 is 2.72 bits per heavy atom. The molecule has 0 heterocycles. The SMILES string of the molecule is CCOc1cc(F)ccc1NC1CC(OCC)C1. The van der Waals surface area contributed by atoms with Gasteiger partial charge >= 0.3 is 0 Å². The van der Waals surface area contributed by atoms with Crippen molar-refractivity contribution in [1.82, 2.24) is 0 Å². The van der Waals surface area contributed by atoms with Crippen molar-refractivity contribution in [2.45, 2.75) is 38.8 Å². The molecule has 1 aliphatic carbocycles. The summed E-state index contributed by atoms with van der Waals surface area (Å²) in [6.45, 7) is 5.19. The van der Waals surface area contributed by atoms with Crippen LogP contribution in [0.2, 0.25) is 0 Å². The van der Waals surface area contributed by atoms with E-state index in [0.717, 1.165) is 25.1 Å². The first-order chi connectivity index (χ1) is 8.72. The van der Waals surface area contributed by atoms with E-state index in [4.69, 9.17) is 9.47 Å². The van der Waals surface area contributed by atoms with E-state index in [9.17, 15) is 4.39 Å². The highest BCUT2D eigenvalue weighted by Gasteiger charge is 2.29. The quantitative estimate of drug-likeness (QED) is 0.844. The van der Waals surface area contributed by atoms with Gasteiger partial charge in [-0.2, -0.15) is 0 Å². The Labute approximate surface area is 107 Å². The van der Waals surface area contributed by atoms with Gasteiger partial charge in [-0.3, -0.25) is 0 Å². The lowest BCUT2D eigenvalue weighted by molar-refractivity contribution is 0.00294. The molecule has 1 aromatic rings. The zero-order valence-corrected chi connectivity index (χ0v) is 10.9. The number of hydrogen-bond acceptors (Lipinski definition) is 3. The van der Waals surface area contributed by atoms with Gasteiger partial charge in [-0.1, -0.05) is 0 Å². The Bertz CT molecular complexity index is 391. The molecular formula is C14H20FNO2. The highest BCUT2D eigenvalue weighted by Crippen LogP contribution is 2.31. The second-order valence-electron chi connectivity index (χ2n) is 4.46. The van der Waals surface area contributed by atoms with Crippen LogP contribution in [0.4, 0.5) is 10.1 Å². The summed E-state index contributed by atoms with van der Waals surface area (Å²) in [6, 6.07) is 4.99. The van der Waals surface area contributed by atoms with Crippen molar-refractivity contribution < 1.29 is 13.9 Å². The number of hydrogen-bond donors (Lipinski definition) is 1. The van der Waals surface area contributed by atoms with Gasteiger partial charge in [-0.05, 0) is 38.8 Å². The molecule has 0 spiro atoms. The maximum atomic E-state index is 13.1. The van der Waals surface area contributed by atoms with Gasteiger partial charge in [0.1, 0.15) is 11.6 Å². The first kappa shape index (κ1) is 13.1. The number of ether oxygens (including phenoxy) is 2. The molecule has 0 radical (unpaired) electrons. The molecule has 18 heavy (non-hydrogen) atoms. The predicted octanol–water partition coefficient (Wildman–Crippen LogP) is 3.20. The Morgan fingerprint density at radius 2 is 2.06 bits per heavy atom. The summed E-state index contributed by atoms with van der Waals surface area (Å²) in [7, 11) is 0. The Kier molecular flexibility index (Phi) is 4.42. The minimum atomic E-state index is -0.273. The van der Waals surface area contributed by atoms with Crippen LogP contribution in [0.15, 0.2) is 18.2 Å². The highest BCUT2D eigenvalue weighted by molar-refractivity contribution is 5.57. The minimum Gasteiger partial charge on any atom is -0.492 e. The van der Waals surface area contributed by atoms with Crippen LogP contribution in [-0.4, -0.2) is 25.4 Å². The number of nitrogens with one attached hydrogen (secondary N) is 1. The molecule has 1 aromatic carbocycles. The molecule has 2 rings (SSSR count). The molecule has 1 saturated carbocycles. The first-order valence-corrected chi connectivity index (χ1v) is 6.53. The number of rotatable bonds is 6. The summed E-state index contributed by atoms with van der Waals surface area (Å²) < 4.78 is 24.1. The topological polar surface area (TPSA) is 30.5 Å². The molecule has 0 amide bonds. The number of halogens is 1. The largest absolute Gasteiger partial charge is 0.492 e. The van der Waals surface area contributed by atoms with Crippen LogP contribution in [0.5, 0.6) is 5.75 Å². The Hall–Kier alpha value is -1.29. The third-order valence-corrected chi connectivity index (χ3v) is 3.10. The molecule has 0 aliphatic heterocycles. The summed E-state index contributed by atoms with van der Waals surface area (Å²) in [5.74, 6) is 0.308. The van der Waals surface area contributed by atoms with Gasteiger partial charge in [0.05, 0.1) is 18.4 Å². The van der Waals surface area contributed by atoms with E-state index in [2.05, 4.69) is 5.32 Å². The van der Waals surface area contributed by atoms with E-state index in [1.165, 1.54) is 12.1 Å². The lowest BCUT2D eigenvalue weighted by Gasteiger charge is -2.36. The minimum absolute atomic E-state index is 0.273. The molecule has 0 atom stereocenters. The van der Waals surface area contributed by atoms with Crippen molar-refractivity contribution >= 4 is 5.69 Å². The highest BCUT2D eigenvalue weighted by atomic mass is 19.1. The zero-order chi connectivity index (χ0) is 13.0. The van der Waals surface area contributed by atoms with Crippen molar-refractivity contribution in [3.63, 3.8) is 0 Å². The van der Waals surface area contributed by atoms with Gasteiger partial charge in [-0.25, -0.2) is 4.39 Å². The van der Waals surface area contributed by atoms with Crippen LogP contribution in [0.1, 0.15) is 26.7 Å². The van der Waals surface area contributed by atoms with E-state index in [-0.39, 0.29) is 5.82 Å².